The van der Waals surface area contributed by atoms with Crippen molar-refractivity contribution in [3.05, 3.63) is 65.7 Å². The number of nitrogens with one attached hydrogen (secondary N) is 1. The fraction of sp³-hybridized carbons (Fsp3) is 0.409. The van der Waals surface area contributed by atoms with E-state index in [0.717, 1.165) is 30.9 Å². The van der Waals surface area contributed by atoms with Crippen molar-refractivity contribution in [3.63, 3.8) is 0 Å². The van der Waals surface area contributed by atoms with E-state index < -0.39 is 0 Å². The summed E-state index contributed by atoms with van der Waals surface area (Å²) >= 11 is 0. The van der Waals surface area contributed by atoms with Gasteiger partial charge in [0.1, 0.15) is 5.75 Å². The summed E-state index contributed by atoms with van der Waals surface area (Å²) in [6.45, 7) is 2.43. The topological polar surface area (TPSA) is 50.8 Å². The molecule has 0 unspecified atom stereocenters. The Balaban J connectivity index is 1.54. The fourth-order valence-corrected chi connectivity index (χ4v) is 3.31. The summed E-state index contributed by atoms with van der Waals surface area (Å²) in [6, 6.07) is 18.3. The zero-order valence-electron chi connectivity index (χ0n) is 16.1. The van der Waals surface area contributed by atoms with Crippen LogP contribution in [0.15, 0.2) is 54.6 Å². The number of nitrogens with zero attached hydrogens (tertiary/aromatic N) is 1. The van der Waals surface area contributed by atoms with Crippen molar-refractivity contribution >= 4 is 5.91 Å². The molecule has 1 fully saturated rings. The number of hydrogen-bond acceptors (Lipinski definition) is 4. The first-order chi connectivity index (χ1) is 13.1. The third-order valence-electron chi connectivity index (χ3n) is 4.89. The number of ether oxygens (including phenoxy) is 2. The number of rotatable bonds is 8. The van der Waals surface area contributed by atoms with E-state index in [2.05, 4.69) is 29.6 Å². The summed E-state index contributed by atoms with van der Waals surface area (Å²) in [4.78, 5) is 13.3. The van der Waals surface area contributed by atoms with E-state index in [9.17, 15) is 4.79 Å². The molecule has 0 aliphatic carbocycles. The van der Waals surface area contributed by atoms with Crippen LogP contribution in [0.1, 0.15) is 23.7 Å². The lowest BCUT2D eigenvalue weighted by molar-refractivity contribution is -0.130. The first-order valence-electron chi connectivity index (χ1n) is 9.43. The molecule has 0 bridgehead atoms. The number of carbonyl (C=O) groups excluding carboxylic acids is 1. The maximum Gasteiger partial charge on any atom is 0.259 e. The van der Waals surface area contributed by atoms with Gasteiger partial charge in [-0.1, -0.05) is 48.5 Å². The summed E-state index contributed by atoms with van der Waals surface area (Å²) < 4.78 is 11.7. The van der Waals surface area contributed by atoms with Gasteiger partial charge in [0.2, 0.25) is 0 Å². The summed E-state index contributed by atoms with van der Waals surface area (Å²) in [5.74, 6) is 1.16. The second-order valence-corrected chi connectivity index (χ2v) is 7.07. The van der Waals surface area contributed by atoms with Gasteiger partial charge in [0.15, 0.2) is 6.61 Å². The standard InChI is InChI=1S/C22H28N2O3/c1-24(2)21(25)16-27-20-11-7-6-10-18(20)14-23-15-19-12-13-26-22(19)17-8-4-3-5-9-17/h3-11,19,22-23H,12-16H2,1-2H3/t19-,22-/m1/s1. The maximum absolute atomic E-state index is 11.8. The molecule has 3 rings (SSSR count). The normalized spacial score (nSPS) is 19.0. The molecule has 5 nitrogen and oxygen atoms in total. The zero-order chi connectivity index (χ0) is 19.1. The van der Waals surface area contributed by atoms with Crippen LogP contribution in [0.4, 0.5) is 0 Å². The number of para-hydroxylation sites is 1. The molecule has 2 aromatic carbocycles. The Morgan fingerprint density at radius 3 is 2.67 bits per heavy atom. The Morgan fingerprint density at radius 2 is 1.89 bits per heavy atom. The minimum Gasteiger partial charge on any atom is -0.483 e. The van der Waals surface area contributed by atoms with E-state index >= 15 is 0 Å². The lowest BCUT2D eigenvalue weighted by atomic mass is 9.95. The summed E-state index contributed by atoms with van der Waals surface area (Å²) in [5, 5.41) is 3.54. The highest BCUT2D eigenvalue weighted by Gasteiger charge is 2.29. The van der Waals surface area contributed by atoms with Crippen LogP contribution in [0, 0.1) is 5.92 Å². The molecule has 2 atom stereocenters. The molecular formula is C22H28N2O3. The van der Waals surface area contributed by atoms with Crippen molar-refractivity contribution in [1.82, 2.24) is 10.2 Å². The van der Waals surface area contributed by atoms with Crippen LogP contribution in [0.3, 0.4) is 0 Å². The quantitative estimate of drug-likeness (QED) is 0.778. The average Bonchev–Trinajstić information content (AvgIpc) is 3.16. The Labute approximate surface area is 161 Å². The maximum atomic E-state index is 11.8. The number of amides is 1. The predicted molar refractivity (Wildman–Crippen MR) is 106 cm³/mol. The van der Waals surface area contributed by atoms with E-state index in [1.54, 1.807) is 14.1 Å². The summed E-state index contributed by atoms with van der Waals surface area (Å²) in [5.41, 5.74) is 2.30. The summed E-state index contributed by atoms with van der Waals surface area (Å²) in [7, 11) is 3.46. The molecule has 5 heteroatoms. The molecular weight excluding hydrogens is 340 g/mol. The Morgan fingerprint density at radius 1 is 1.15 bits per heavy atom. The van der Waals surface area contributed by atoms with Crippen molar-refractivity contribution in [3.8, 4) is 5.75 Å². The second kappa shape index (κ2) is 9.53. The Bertz CT molecular complexity index is 733. The summed E-state index contributed by atoms with van der Waals surface area (Å²) in [6.07, 6.45) is 1.21. The lowest BCUT2D eigenvalue weighted by Gasteiger charge is -2.20. The van der Waals surface area contributed by atoms with Crippen molar-refractivity contribution in [2.24, 2.45) is 5.92 Å². The van der Waals surface area contributed by atoms with Crippen LogP contribution >= 0.6 is 0 Å². The van der Waals surface area contributed by atoms with Gasteiger partial charge in [-0.15, -0.1) is 0 Å². The molecule has 27 heavy (non-hydrogen) atoms. The van der Waals surface area contributed by atoms with Gasteiger partial charge < -0.3 is 19.7 Å². The van der Waals surface area contributed by atoms with Crippen molar-refractivity contribution < 1.29 is 14.3 Å². The number of carbonyl (C=O) groups is 1. The first-order valence-corrected chi connectivity index (χ1v) is 9.43. The molecule has 1 aliphatic heterocycles. The smallest absolute Gasteiger partial charge is 0.259 e. The fourth-order valence-electron chi connectivity index (χ4n) is 3.31. The monoisotopic (exact) mass is 368 g/mol. The highest BCUT2D eigenvalue weighted by molar-refractivity contribution is 5.77. The number of hydrogen-bond donors (Lipinski definition) is 1. The number of benzene rings is 2. The SMILES string of the molecule is CN(C)C(=O)COc1ccccc1CNC[C@H]1CCO[C@@H]1c1ccccc1. The van der Waals surface area contributed by atoms with Crippen LogP contribution in [0.5, 0.6) is 5.75 Å². The minimum atomic E-state index is -0.0495. The molecule has 0 saturated carbocycles. The highest BCUT2D eigenvalue weighted by Crippen LogP contribution is 2.34. The third kappa shape index (κ3) is 5.31. The molecule has 1 saturated heterocycles. The minimum absolute atomic E-state index is 0.0495. The van der Waals surface area contributed by atoms with Gasteiger partial charge in [-0.05, 0) is 18.1 Å². The van der Waals surface area contributed by atoms with Crippen molar-refractivity contribution in [1.29, 1.82) is 0 Å². The molecule has 0 spiro atoms. The molecule has 0 radical (unpaired) electrons. The Hall–Kier alpha value is -2.37. The zero-order valence-corrected chi connectivity index (χ0v) is 16.1. The molecule has 0 aromatic heterocycles. The number of likely N-dealkylation sites (N-methyl/N-ethyl adjacent to an activating group) is 1. The lowest BCUT2D eigenvalue weighted by Crippen LogP contribution is -2.28. The Kier molecular flexibility index (Phi) is 6.85. The van der Waals surface area contributed by atoms with Gasteiger partial charge in [-0.25, -0.2) is 0 Å². The van der Waals surface area contributed by atoms with Gasteiger partial charge in [0.05, 0.1) is 6.10 Å². The third-order valence-corrected chi connectivity index (χ3v) is 4.89. The van der Waals surface area contributed by atoms with Crippen molar-refractivity contribution in [2.45, 2.75) is 19.1 Å². The largest absolute Gasteiger partial charge is 0.483 e. The van der Waals surface area contributed by atoms with E-state index in [0.29, 0.717) is 12.5 Å². The van der Waals surface area contributed by atoms with E-state index in [4.69, 9.17) is 9.47 Å². The van der Waals surface area contributed by atoms with Crippen molar-refractivity contribution in [2.75, 3.05) is 33.9 Å². The van der Waals surface area contributed by atoms with Gasteiger partial charge in [0.25, 0.3) is 5.91 Å². The van der Waals surface area contributed by atoms with Crippen LogP contribution in [-0.4, -0.2) is 44.7 Å². The van der Waals surface area contributed by atoms with Gasteiger partial charge in [-0.2, -0.15) is 0 Å². The van der Waals surface area contributed by atoms with Gasteiger partial charge in [-0.3, -0.25) is 4.79 Å². The molecule has 1 N–H and O–H groups in total. The van der Waals surface area contributed by atoms with Crippen LogP contribution in [0.2, 0.25) is 0 Å². The molecule has 1 amide bonds. The van der Waals surface area contributed by atoms with Crippen LogP contribution < -0.4 is 10.1 Å². The first kappa shape index (κ1) is 19.4. The molecule has 1 aliphatic rings. The average molecular weight is 368 g/mol. The van der Waals surface area contributed by atoms with Gasteiger partial charge in [0, 0.05) is 45.3 Å². The van der Waals surface area contributed by atoms with Crippen LogP contribution in [0.25, 0.3) is 0 Å². The van der Waals surface area contributed by atoms with E-state index in [1.165, 1.54) is 10.5 Å². The molecule has 1 heterocycles. The highest BCUT2D eigenvalue weighted by atomic mass is 16.5. The van der Waals surface area contributed by atoms with E-state index in [1.807, 2.05) is 30.3 Å². The van der Waals surface area contributed by atoms with Gasteiger partial charge >= 0.3 is 0 Å². The van der Waals surface area contributed by atoms with E-state index in [-0.39, 0.29) is 18.6 Å². The molecule has 144 valence electrons. The molecule has 2 aromatic rings. The second-order valence-electron chi connectivity index (χ2n) is 7.07. The van der Waals surface area contributed by atoms with Crippen LogP contribution in [-0.2, 0) is 16.1 Å². The predicted octanol–water partition coefficient (Wildman–Crippen LogP) is 3.02.